The Labute approximate surface area is 143 Å². The first-order valence-corrected chi connectivity index (χ1v) is 9.33. The fourth-order valence-corrected chi connectivity index (χ4v) is 3.75. The smallest absolute Gasteiger partial charge is 0.308 e. The third-order valence-corrected chi connectivity index (χ3v) is 5.04. The van der Waals surface area contributed by atoms with Crippen molar-refractivity contribution in [3.8, 4) is 0 Å². The second-order valence-electron chi connectivity index (χ2n) is 7.02. The minimum Gasteiger partial charge on any atom is -0.458 e. The van der Waals surface area contributed by atoms with Gasteiger partial charge in [-0.2, -0.15) is 0 Å². The average Bonchev–Trinajstić information content (AvgIpc) is 3.23. The van der Waals surface area contributed by atoms with Gasteiger partial charge < -0.3 is 18.9 Å². The molecule has 2 aliphatic heterocycles. The number of rotatable bonds is 6. The van der Waals surface area contributed by atoms with E-state index < -0.39 is 0 Å². The van der Waals surface area contributed by atoms with Gasteiger partial charge in [-0.3, -0.25) is 9.59 Å². The van der Waals surface area contributed by atoms with Gasteiger partial charge in [0.1, 0.15) is 12.2 Å². The van der Waals surface area contributed by atoms with E-state index in [9.17, 15) is 9.59 Å². The first-order valence-electron chi connectivity index (χ1n) is 9.33. The van der Waals surface area contributed by atoms with Crippen LogP contribution in [-0.4, -0.2) is 49.6 Å². The summed E-state index contributed by atoms with van der Waals surface area (Å²) in [6.07, 6.45) is 7.29. The van der Waals surface area contributed by atoms with Crippen LogP contribution in [0.3, 0.4) is 0 Å². The van der Waals surface area contributed by atoms with E-state index in [1.54, 1.807) is 0 Å². The molecule has 0 radical (unpaired) electrons. The molecular weight excluding hydrogens is 312 g/mol. The third kappa shape index (κ3) is 5.18. The van der Waals surface area contributed by atoms with Gasteiger partial charge in [0.05, 0.1) is 25.0 Å². The molecule has 0 bridgehead atoms. The maximum atomic E-state index is 12.1. The summed E-state index contributed by atoms with van der Waals surface area (Å²) in [6.45, 7) is 1.45. The summed E-state index contributed by atoms with van der Waals surface area (Å²) in [7, 11) is 0. The lowest BCUT2D eigenvalue weighted by molar-refractivity contribution is -0.174. The number of carbonyl (C=O) groups is 2. The van der Waals surface area contributed by atoms with Crippen LogP contribution in [0, 0.1) is 0 Å². The second kappa shape index (κ2) is 8.81. The number of carbonyl (C=O) groups excluding carboxylic acids is 2. The zero-order valence-electron chi connectivity index (χ0n) is 14.2. The van der Waals surface area contributed by atoms with Crippen LogP contribution in [0.5, 0.6) is 0 Å². The molecule has 2 saturated heterocycles. The molecule has 1 saturated carbocycles. The van der Waals surface area contributed by atoms with Crippen LogP contribution < -0.4 is 0 Å². The SMILES string of the molecule is O=C(CC1CCCO1)OC1CCCCC1OC(=O)CC1CCCO1. The molecule has 1 aliphatic carbocycles. The molecule has 0 aromatic rings. The van der Waals surface area contributed by atoms with Crippen molar-refractivity contribution in [2.45, 2.75) is 88.6 Å². The van der Waals surface area contributed by atoms with Gasteiger partial charge in [0.15, 0.2) is 0 Å². The Hall–Kier alpha value is -1.14. The quantitative estimate of drug-likeness (QED) is 0.692. The highest BCUT2D eigenvalue weighted by Crippen LogP contribution is 2.26. The Morgan fingerprint density at radius 2 is 1.17 bits per heavy atom. The lowest BCUT2D eigenvalue weighted by atomic mass is 9.94. The van der Waals surface area contributed by atoms with E-state index in [0.717, 1.165) is 64.6 Å². The molecule has 4 unspecified atom stereocenters. The van der Waals surface area contributed by atoms with E-state index in [4.69, 9.17) is 18.9 Å². The van der Waals surface area contributed by atoms with Gasteiger partial charge in [-0.05, 0) is 51.4 Å². The largest absolute Gasteiger partial charge is 0.458 e. The summed E-state index contributed by atoms with van der Waals surface area (Å²) in [5.41, 5.74) is 0. The van der Waals surface area contributed by atoms with Crippen molar-refractivity contribution in [1.29, 1.82) is 0 Å². The summed E-state index contributed by atoms with van der Waals surface area (Å²) in [5.74, 6) is -0.483. The number of esters is 2. The summed E-state index contributed by atoms with van der Waals surface area (Å²) in [6, 6.07) is 0. The fraction of sp³-hybridized carbons (Fsp3) is 0.889. The van der Waals surface area contributed by atoms with E-state index in [-0.39, 0.29) is 36.4 Å². The van der Waals surface area contributed by atoms with Crippen molar-refractivity contribution < 1.29 is 28.5 Å². The molecule has 4 atom stereocenters. The van der Waals surface area contributed by atoms with Crippen molar-refractivity contribution in [2.24, 2.45) is 0 Å². The summed E-state index contributed by atoms with van der Waals surface area (Å²) in [4.78, 5) is 24.2. The third-order valence-electron chi connectivity index (χ3n) is 5.04. The van der Waals surface area contributed by atoms with E-state index in [1.807, 2.05) is 0 Å². The van der Waals surface area contributed by atoms with Gasteiger partial charge in [-0.1, -0.05) is 0 Å². The van der Waals surface area contributed by atoms with Crippen LogP contribution in [-0.2, 0) is 28.5 Å². The molecule has 0 spiro atoms. The molecule has 0 N–H and O–H groups in total. The van der Waals surface area contributed by atoms with Crippen LogP contribution >= 0.6 is 0 Å². The summed E-state index contributed by atoms with van der Waals surface area (Å²) < 4.78 is 22.2. The van der Waals surface area contributed by atoms with Crippen LogP contribution in [0.25, 0.3) is 0 Å². The van der Waals surface area contributed by atoms with E-state index in [2.05, 4.69) is 0 Å². The molecule has 6 nitrogen and oxygen atoms in total. The normalized spacial score (nSPS) is 33.3. The molecule has 0 aromatic heterocycles. The molecule has 3 fully saturated rings. The fourth-order valence-electron chi connectivity index (χ4n) is 3.75. The lowest BCUT2D eigenvalue weighted by Crippen LogP contribution is -2.38. The van der Waals surface area contributed by atoms with Crippen LogP contribution in [0.15, 0.2) is 0 Å². The first kappa shape index (κ1) is 17.7. The zero-order chi connectivity index (χ0) is 16.8. The van der Waals surface area contributed by atoms with Crippen molar-refractivity contribution in [3.63, 3.8) is 0 Å². The Kier molecular flexibility index (Phi) is 6.49. The highest BCUT2D eigenvalue weighted by molar-refractivity contribution is 5.71. The molecule has 3 aliphatic rings. The molecule has 136 valence electrons. The Morgan fingerprint density at radius 1 is 0.708 bits per heavy atom. The first-order chi connectivity index (χ1) is 11.7. The lowest BCUT2D eigenvalue weighted by Gasteiger charge is -2.31. The highest BCUT2D eigenvalue weighted by atomic mass is 16.6. The average molecular weight is 340 g/mol. The van der Waals surface area contributed by atoms with Gasteiger partial charge in [0.2, 0.25) is 0 Å². The minimum absolute atomic E-state index is 0.0124. The standard InChI is InChI=1S/C18H28O6/c19-17(11-13-5-3-9-21-13)23-15-7-1-2-8-16(15)24-18(20)12-14-6-4-10-22-14/h13-16H,1-12H2. The van der Waals surface area contributed by atoms with Gasteiger partial charge in [-0.15, -0.1) is 0 Å². The highest BCUT2D eigenvalue weighted by Gasteiger charge is 2.33. The number of hydrogen-bond acceptors (Lipinski definition) is 6. The zero-order valence-corrected chi connectivity index (χ0v) is 14.2. The molecule has 0 amide bonds. The van der Waals surface area contributed by atoms with E-state index in [0.29, 0.717) is 12.8 Å². The Morgan fingerprint density at radius 3 is 1.54 bits per heavy atom. The number of ether oxygens (including phenoxy) is 4. The van der Waals surface area contributed by atoms with Crippen LogP contribution in [0.4, 0.5) is 0 Å². The second-order valence-corrected chi connectivity index (χ2v) is 7.02. The molecule has 2 heterocycles. The van der Waals surface area contributed by atoms with Crippen molar-refractivity contribution >= 4 is 11.9 Å². The predicted molar refractivity (Wildman–Crippen MR) is 85.4 cm³/mol. The van der Waals surface area contributed by atoms with Gasteiger partial charge in [0, 0.05) is 13.2 Å². The van der Waals surface area contributed by atoms with Gasteiger partial charge in [-0.25, -0.2) is 0 Å². The van der Waals surface area contributed by atoms with Gasteiger partial charge in [0.25, 0.3) is 0 Å². The summed E-state index contributed by atoms with van der Waals surface area (Å²) in [5, 5.41) is 0. The Bertz CT molecular complexity index is 385. The predicted octanol–water partition coefficient (Wildman–Crippen LogP) is 2.52. The molecule has 0 aromatic carbocycles. The molecule has 3 rings (SSSR count). The van der Waals surface area contributed by atoms with E-state index in [1.165, 1.54) is 0 Å². The van der Waals surface area contributed by atoms with Crippen molar-refractivity contribution in [1.82, 2.24) is 0 Å². The van der Waals surface area contributed by atoms with E-state index >= 15 is 0 Å². The molecular formula is C18H28O6. The maximum absolute atomic E-state index is 12.1. The summed E-state index contributed by atoms with van der Waals surface area (Å²) >= 11 is 0. The minimum atomic E-state index is -0.318. The maximum Gasteiger partial charge on any atom is 0.308 e. The van der Waals surface area contributed by atoms with Crippen molar-refractivity contribution in [3.05, 3.63) is 0 Å². The number of hydrogen-bond donors (Lipinski definition) is 0. The van der Waals surface area contributed by atoms with Crippen molar-refractivity contribution in [2.75, 3.05) is 13.2 Å². The van der Waals surface area contributed by atoms with Crippen LogP contribution in [0.1, 0.15) is 64.2 Å². The monoisotopic (exact) mass is 340 g/mol. The van der Waals surface area contributed by atoms with Crippen LogP contribution in [0.2, 0.25) is 0 Å². The topological polar surface area (TPSA) is 71.1 Å². The van der Waals surface area contributed by atoms with Gasteiger partial charge >= 0.3 is 11.9 Å². The molecule has 24 heavy (non-hydrogen) atoms. The molecule has 6 heteroatoms. The Balaban J connectivity index is 1.45.